The number of nitrogens with zero attached hydrogens (tertiary/aromatic N) is 3. The Morgan fingerprint density at radius 3 is 2.44 bits per heavy atom. The molecule has 4 rings (SSSR count). The van der Waals surface area contributed by atoms with Crippen LogP contribution in [0.25, 0.3) is 0 Å². The molecule has 0 aliphatic carbocycles. The monoisotopic (exact) mass is 374 g/mol. The first-order valence-electron chi connectivity index (χ1n) is 9.77. The molecule has 2 amide bonds. The summed E-state index contributed by atoms with van der Waals surface area (Å²) < 4.78 is 0. The fourth-order valence-electron chi connectivity index (χ4n) is 4.84. The number of non-ortho nitro benzene ring substituents is 1. The first-order chi connectivity index (χ1) is 13.0. The van der Waals surface area contributed by atoms with Gasteiger partial charge in [0.2, 0.25) is 0 Å². The van der Waals surface area contributed by atoms with Crippen LogP contribution in [-0.4, -0.2) is 58.3 Å². The largest absolute Gasteiger partial charge is 0.393 e. The molecule has 1 aromatic rings. The van der Waals surface area contributed by atoms with Gasteiger partial charge in [-0.1, -0.05) is 0 Å². The van der Waals surface area contributed by atoms with Crippen molar-refractivity contribution in [3.8, 4) is 0 Å². The zero-order valence-corrected chi connectivity index (χ0v) is 15.3. The van der Waals surface area contributed by atoms with Gasteiger partial charge >= 0.3 is 6.03 Å². The number of nitro groups is 1. The molecular formula is C19H26N4O4. The quantitative estimate of drug-likeness (QED) is 0.625. The van der Waals surface area contributed by atoms with Gasteiger partial charge in [0.25, 0.3) is 5.69 Å². The topological polar surface area (TPSA) is 99.0 Å². The smallest absolute Gasteiger partial charge is 0.318 e. The number of piperidine rings is 2. The normalized spacial score (nSPS) is 30.3. The number of fused-ring (bicyclic) bond motifs is 2. The summed E-state index contributed by atoms with van der Waals surface area (Å²) in [5.41, 5.74) is 1.03. The number of carbonyl (C=O) groups excluding carboxylic acids is 1. The van der Waals surface area contributed by atoms with Crippen LogP contribution in [-0.2, 0) is 0 Å². The van der Waals surface area contributed by atoms with Crippen molar-refractivity contribution in [3.05, 3.63) is 34.4 Å². The maximum absolute atomic E-state index is 12.8. The van der Waals surface area contributed by atoms with Crippen LogP contribution in [0.15, 0.2) is 24.3 Å². The van der Waals surface area contributed by atoms with Crippen molar-refractivity contribution in [2.24, 2.45) is 0 Å². The van der Waals surface area contributed by atoms with Crippen LogP contribution in [0.2, 0.25) is 0 Å². The Morgan fingerprint density at radius 1 is 1.15 bits per heavy atom. The zero-order chi connectivity index (χ0) is 19.0. The third-order valence-electron chi connectivity index (χ3n) is 6.12. The number of hydrogen-bond donors (Lipinski definition) is 2. The van der Waals surface area contributed by atoms with Gasteiger partial charge in [-0.15, -0.1) is 0 Å². The number of anilines is 1. The summed E-state index contributed by atoms with van der Waals surface area (Å²) >= 11 is 0. The second-order valence-corrected chi connectivity index (χ2v) is 7.93. The number of nitro benzene ring substituents is 1. The minimum Gasteiger partial charge on any atom is -0.393 e. The molecule has 0 radical (unpaired) electrons. The molecule has 2 bridgehead atoms. The highest BCUT2D eigenvalue weighted by Crippen LogP contribution is 2.35. The van der Waals surface area contributed by atoms with E-state index in [9.17, 15) is 20.0 Å². The van der Waals surface area contributed by atoms with E-state index in [2.05, 4.69) is 10.2 Å². The van der Waals surface area contributed by atoms with Crippen molar-refractivity contribution < 1.29 is 14.8 Å². The average Bonchev–Trinajstić information content (AvgIpc) is 2.93. The Kier molecular flexibility index (Phi) is 4.90. The summed E-state index contributed by atoms with van der Waals surface area (Å²) in [4.78, 5) is 27.4. The second-order valence-electron chi connectivity index (χ2n) is 7.93. The van der Waals surface area contributed by atoms with E-state index in [1.54, 1.807) is 12.1 Å². The number of benzene rings is 1. The summed E-state index contributed by atoms with van der Waals surface area (Å²) in [5.74, 6) is 0. The maximum Gasteiger partial charge on any atom is 0.318 e. The lowest BCUT2D eigenvalue weighted by atomic mass is 10.00. The lowest BCUT2D eigenvalue weighted by molar-refractivity contribution is -0.384. The van der Waals surface area contributed by atoms with Crippen LogP contribution in [0.3, 0.4) is 0 Å². The summed E-state index contributed by atoms with van der Waals surface area (Å²) in [6.45, 7) is 1.58. The molecule has 8 heteroatoms. The Hall–Kier alpha value is -2.35. The highest BCUT2D eigenvalue weighted by atomic mass is 16.6. The van der Waals surface area contributed by atoms with E-state index < -0.39 is 4.92 Å². The lowest BCUT2D eigenvalue weighted by Crippen LogP contribution is -2.56. The van der Waals surface area contributed by atoms with Crippen molar-refractivity contribution in [1.82, 2.24) is 10.2 Å². The molecule has 4 atom stereocenters. The van der Waals surface area contributed by atoms with Crippen LogP contribution in [0.5, 0.6) is 0 Å². The number of amides is 2. The molecule has 3 fully saturated rings. The molecule has 1 aromatic carbocycles. The minimum absolute atomic E-state index is 0.00931. The summed E-state index contributed by atoms with van der Waals surface area (Å²) in [6, 6.07) is 6.96. The highest BCUT2D eigenvalue weighted by Gasteiger charge is 2.43. The predicted molar refractivity (Wildman–Crippen MR) is 101 cm³/mol. The molecule has 0 spiro atoms. The molecule has 2 N–H and O–H groups in total. The number of nitrogens with one attached hydrogen (secondary N) is 1. The van der Waals surface area contributed by atoms with Crippen molar-refractivity contribution in [2.75, 3.05) is 18.0 Å². The molecule has 8 nitrogen and oxygen atoms in total. The predicted octanol–water partition coefficient (Wildman–Crippen LogP) is 2.26. The van der Waals surface area contributed by atoms with E-state index in [1.807, 2.05) is 4.90 Å². The first-order valence-corrected chi connectivity index (χ1v) is 9.77. The zero-order valence-electron chi connectivity index (χ0n) is 15.3. The molecule has 146 valence electrons. The van der Waals surface area contributed by atoms with Crippen molar-refractivity contribution in [2.45, 2.75) is 62.8 Å². The summed E-state index contributed by atoms with van der Waals surface area (Å²) in [5, 5.41) is 23.9. The molecule has 1 unspecified atom stereocenters. The number of hydrogen-bond acceptors (Lipinski definition) is 5. The first kappa shape index (κ1) is 18.0. The third kappa shape index (κ3) is 3.71. The van der Waals surface area contributed by atoms with Crippen molar-refractivity contribution >= 4 is 17.4 Å². The Bertz CT molecular complexity index is 696. The molecular weight excluding hydrogens is 348 g/mol. The number of rotatable bonds is 3. The van der Waals surface area contributed by atoms with Crippen LogP contribution in [0.4, 0.5) is 16.2 Å². The van der Waals surface area contributed by atoms with Crippen molar-refractivity contribution in [1.29, 1.82) is 0 Å². The van der Waals surface area contributed by atoms with Gasteiger partial charge in [0, 0.05) is 49.0 Å². The van der Waals surface area contributed by atoms with E-state index in [0.717, 1.165) is 37.9 Å². The Morgan fingerprint density at radius 2 is 1.81 bits per heavy atom. The van der Waals surface area contributed by atoms with E-state index >= 15 is 0 Å². The molecule has 3 heterocycles. The number of urea groups is 1. The average molecular weight is 374 g/mol. The third-order valence-corrected chi connectivity index (χ3v) is 6.12. The number of aliphatic hydroxyl groups is 1. The van der Waals surface area contributed by atoms with Gasteiger partial charge in [-0.2, -0.15) is 0 Å². The standard InChI is InChI=1S/C19H26N4O4/c24-18-10-16-7-8-17(11-18)22(16)19(25)20-13-2-1-9-21(12-13)14-3-5-15(6-4-14)23(26)27/h3-6,13,16-18,24H,1-2,7-12H2,(H,20,25)/t13-,16-,17+,18?/m0/s1. The van der Waals surface area contributed by atoms with Crippen LogP contribution in [0.1, 0.15) is 38.5 Å². The maximum atomic E-state index is 12.8. The lowest BCUT2D eigenvalue weighted by Gasteiger charge is -2.40. The van der Waals surface area contributed by atoms with E-state index in [1.165, 1.54) is 12.1 Å². The minimum atomic E-state index is -0.396. The van der Waals surface area contributed by atoms with Crippen molar-refractivity contribution in [3.63, 3.8) is 0 Å². The van der Waals surface area contributed by atoms with Gasteiger partial charge in [0.15, 0.2) is 0 Å². The SMILES string of the molecule is O=C(N[C@H]1CCCN(c2ccc([N+](=O)[O-])cc2)C1)N1[C@@H]2CC[C@H]1CC(O)C2. The molecule has 3 saturated heterocycles. The van der Waals surface area contributed by atoms with E-state index in [4.69, 9.17) is 0 Å². The van der Waals surface area contributed by atoms with Gasteiger partial charge < -0.3 is 20.2 Å². The molecule has 0 aromatic heterocycles. The molecule has 3 aliphatic rings. The van der Waals surface area contributed by atoms with Crippen LogP contribution < -0.4 is 10.2 Å². The van der Waals surface area contributed by atoms with Crippen LogP contribution in [0, 0.1) is 10.1 Å². The molecule has 3 aliphatic heterocycles. The Balaban J connectivity index is 1.37. The van der Waals surface area contributed by atoms with Gasteiger partial charge in [0.05, 0.1) is 11.0 Å². The second kappa shape index (κ2) is 7.34. The van der Waals surface area contributed by atoms with Gasteiger partial charge in [-0.25, -0.2) is 4.79 Å². The van der Waals surface area contributed by atoms with Gasteiger partial charge in [-0.05, 0) is 50.7 Å². The van der Waals surface area contributed by atoms with Gasteiger partial charge in [0.1, 0.15) is 0 Å². The fourth-order valence-corrected chi connectivity index (χ4v) is 4.84. The Labute approximate surface area is 158 Å². The van der Waals surface area contributed by atoms with E-state index in [-0.39, 0.29) is 35.9 Å². The molecule has 27 heavy (non-hydrogen) atoms. The summed E-state index contributed by atoms with van der Waals surface area (Å²) in [6.07, 6.45) is 4.95. The van der Waals surface area contributed by atoms with E-state index in [0.29, 0.717) is 19.4 Å². The number of aliphatic hydroxyl groups excluding tert-OH is 1. The van der Waals surface area contributed by atoms with Crippen LogP contribution >= 0.6 is 0 Å². The van der Waals surface area contributed by atoms with Gasteiger partial charge in [-0.3, -0.25) is 10.1 Å². The number of carbonyl (C=O) groups is 1. The summed E-state index contributed by atoms with van der Waals surface area (Å²) in [7, 11) is 0. The fraction of sp³-hybridized carbons (Fsp3) is 0.632. The highest BCUT2D eigenvalue weighted by molar-refractivity contribution is 5.76. The molecule has 0 saturated carbocycles.